The van der Waals surface area contributed by atoms with E-state index in [0.29, 0.717) is 0 Å². The second-order valence-corrected chi connectivity index (χ2v) is 4.73. The van der Waals surface area contributed by atoms with E-state index in [1.54, 1.807) is 0 Å². The molecule has 0 aliphatic carbocycles. The van der Waals surface area contributed by atoms with E-state index in [0.717, 1.165) is 13.2 Å². The van der Waals surface area contributed by atoms with Gasteiger partial charge in [0, 0.05) is 13.2 Å². The van der Waals surface area contributed by atoms with Crippen LogP contribution in [0, 0.1) is 0 Å². The molecule has 8 heteroatoms. The Morgan fingerprint density at radius 2 is 1.20 bits per heavy atom. The molecule has 1 aliphatic heterocycles. The molecular formula is C12H30F2O5S-2. The fraction of sp³-hybridized carbons (Fsp3) is 1.00. The molecule has 0 unspecified atom stereocenters. The van der Waals surface area contributed by atoms with Crippen molar-refractivity contribution in [1.82, 2.24) is 0 Å². The molecule has 1 fully saturated rings. The predicted molar refractivity (Wildman–Crippen MR) is 75.5 cm³/mol. The van der Waals surface area contributed by atoms with Gasteiger partial charge in [-0.3, -0.25) is 0 Å². The van der Waals surface area contributed by atoms with Gasteiger partial charge in [0.15, 0.2) is 6.01 Å². The van der Waals surface area contributed by atoms with E-state index >= 15 is 0 Å². The Balaban J connectivity index is -0.0000000491. The third-order valence-corrected chi connectivity index (χ3v) is 1.23. The van der Waals surface area contributed by atoms with Crippen molar-refractivity contribution in [2.24, 2.45) is 0 Å². The summed E-state index contributed by atoms with van der Waals surface area (Å²) in [4.78, 5) is 0. The molecule has 0 aromatic rings. The zero-order chi connectivity index (χ0) is 16.2. The van der Waals surface area contributed by atoms with E-state index in [-0.39, 0.29) is 7.43 Å². The van der Waals surface area contributed by atoms with Crippen molar-refractivity contribution in [2.45, 2.75) is 60.8 Å². The first-order chi connectivity index (χ1) is 8.89. The Kier molecular flexibility index (Phi) is 49.7. The van der Waals surface area contributed by atoms with E-state index in [2.05, 4.69) is 27.7 Å². The summed E-state index contributed by atoms with van der Waals surface area (Å²) in [5.74, 6) is 0. The van der Waals surface area contributed by atoms with Crippen LogP contribution in [-0.4, -0.2) is 32.2 Å². The smallest absolute Gasteiger partial charge is 0.179 e. The maximum absolute atomic E-state index is 10.6. The summed E-state index contributed by atoms with van der Waals surface area (Å²) in [7, 11) is -4.58. The standard InChI is InChI=1S/C4H8O.2C3H8.CH3FO3S.CH4.FO/c1-2-4-5-3-1;2*1-3-2;2-1-6(3,4)5;;1-2/h1-4H2;2*3H2,1-2H3;1H2,(H,3,4,5);1H4;/q;;;;;-1/p-1. The maximum Gasteiger partial charge on any atom is 0.179 e. The molecule has 0 N–H and O–H groups in total. The zero-order valence-electron chi connectivity index (χ0n) is 12.2. The van der Waals surface area contributed by atoms with Crippen molar-refractivity contribution in [2.75, 3.05) is 19.2 Å². The second kappa shape index (κ2) is 31.2. The van der Waals surface area contributed by atoms with Crippen LogP contribution in [0.15, 0.2) is 0 Å². The van der Waals surface area contributed by atoms with Crippen LogP contribution in [0.1, 0.15) is 60.8 Å². The molecule has 20 heavy (non-hydrogen) atoms. The van der Waals surface area contributed by atoms with Crippen molar-refractivity contribution in [3.63, 3.8) is 0 Å². The molecule has 0 aromatic carbocycles. The van der Waals surface area contributed by atoms with Crippen LogP contribution in [0.2, 0.25) is 0 Å². The van der Waals surface area contributed by atoms with E-state index in [1.807, 2.05) is 0 Å². The second-order valence-electron chi connectivity index (χ2n) is 3.40. The van der Waals surface area contributed by atoms with Crippen LogP contribution in [0.4, 0.5) is 8.92 Å². The summed E-state index contributed by atoms with van der Waals surface area (Å²) < 4.78 is 51.0. The third kappa shape index (κ3) is 83.3. The lowest BCUT2D eigenvalue weighted by molar-refractivity contribution is -0.589. The fourth-order valence-corrected chi connectivity index (χ4v) is 0.510. The molecule has 0 aromatic heterocycles. The Hall–Kier alpha value is -0.310. The van der Waals surface area contributed by atoms with Gasteiger partial charge in [0.2, 0.25) is 0 Å². The highest BCUT2D eigenvalue weighted by Crippen LogP contribution is 1.98. The molecule has 5 nitrogen and oxygen atoms in total. The van der Waals surface area contributed by atoms with Crippen molar-refractivity contribution < 1.29 is 31.9 Å². The first-order valence-electron chi connectivity index (χ1n) is 6.12. The molecule has 0 radical (unpaired) electrons. The Labute approximate surface area is 123 Å². The third-order valence-electron chi connectivity index (χ3n) is 0.961. The Morgan fingerprint density at radius 1 is 1.00 bits per heavy atom. The highest BCUT2D eigenvalue weighted by atomic mass is 32.2. The monoisotopic (exact) mass is 324 g/mol. The average Bonchev–Trinajstić information content (AvgIpc) is 2.91. The summed E-state index contributed by atoms with van der Waals surface area (Å²) in [6.07, 6.45) is 5.06. The molecule has 1 aliphatic rings. The van der Waals surface area contributed by atoms with Gasteiger partial charge < -0.3 is 19.1 Å². The average molecular weight is 324 g/mol. The van der Waals surface area contributed by atoms with Gasteiger partial charge in [-0.05, 0) is 12.8 Å². The lowest BCUT2D eigenvalue weighted by atomic mass is 10.4. The SMILES string of the molecule is C.C1CCOC1.CCC.CCC.O=S(=O)([O-])CF.[O-]F. The summed E-state index contributed by atoms with van der Waals surface area (Å²) in [5.41, 5.74) is 0. The van der Waals surface area contributed by atoms with Gasteiger partial charge in [-0.15, -0.1) is 0 Å². The molecule has 0 amide bonds. The highest BCUT2D eigenvalue weighted by Gasteiger charge is 1.94. The lowest BCUT2D eigenvalue weighted by Gasteiger charge is -1.94. The largest absolute Gasteiger partial charge is 0.746 e. The molecule has 1 heterocycles. The first-order valence-corrected chi connectivity index (χ1v) is 7.69. The summed E-state index contributed by atoms with van der Waals surface area (Å²) in [6, 6.07) is -1.81. The van der Waals surface area contributed by atoms with Crippen molar-refractivity contribution >= 4 is 10.1 Å². The van der Waals surface area contributed by atoms with E-state index in [1.165, 1.54) is 25.7 Å². The van der Waals surface area contributed by atoms with Crippen LogP contribution in [0.3, 0.4) is 0 Å². The van der Waals surface area contributed by atoms with E-state index < -0.39 is 16.1 Å². The summed E-state index contributed by atoms with van der Waals surface area (Å²) >= 11 is 0. The van der Waals surface area contributed by atoms with E-state index in [4.69, 9.17) is 27.5 Å². The number of alkyl halides is 1. The fourth-order valence-electron chi connectivity index (χ4n) is 0.510. The van der Waals surface area contributed by atoms with Gasteiger partial charge >= 0.3 is 0 Å². The van der Waals surface area contributed by atoms with Gasteiger partial charge in [-0.25, -0.2) is 12.8 Å². The lowest BCUT2D eigenvalue weighted by Crippen LogP contribution is -1.97. The van der Waals surface area contributed by atoms with Crippen molar-refractivity contribution in [3.8, 4) is 0 Å². The topological polar surface area (TPSA) is 89.5 Å². The van der Waals surface area contributed by atoms with Gasteiger partial charge in [-0.2, -0.15) is 0 Å². The molecule has 1 saturated heterocycles. The summed E-state index contributed by atoms with van der Waals surface area (Å²) in [5, 5.41) is 6.75. The number of halogens is 2. The van der Waals surface area contributed by atoms with Crippen LogP contribution in [-0.2, 0) is 14.9 Å². The van der Waals surface area contributed by atoms with E-state index in [9.17, 15) is 4.39 Å². The maximum atomic E-state index is 10.6. The van der Waals surface area contributed by atoms with Crippen LogP contribution >= 0.6 is 0 Å². The predicted octanol–water partition coefficient (Wildman–Crippen LogP) is 2.96. The molecule has 130 valence electrons. The van der Waals surface area contributed by atoms with Gasteiger partial charge in [0.05, 0.1) is 0 Å². The normalized spacial score (nSPS) is 11.6. The Bertz CT molecular complexity index is 198. The minimum atomic E-state index is -4.58. The zero-order valence-corrected chi connectivity index (χ0v) is 13.0. The van der Waals surface area contributed by atoms with Crippen LogP contribution < -0.4 is 5.31 Å². The number of rotatable bonds is 1. The van der Waals surface area contributed by atoms with Crippen molar-refractivity contribution in [1.29, 1.82) is 0 Å². The summed E-state index contributed by atoms with van der Waals surface area (Å²) in [6.45, 7) is 10.5. The van der Waals surface area contributed by atoms with Crippen molar-refractivity contribution in [3.05, 3.63) is 0 Å². The number of hydrogen-bond acceptors (Lipinski definition) is 5. The highest BCUT2D eigenvalue weighted by molar-refractivity contribution is 7.85. The molecule has 0 bridgehead atoms. The van der Waals surface area contributed by atoms with Gasteiger partial charge in [0.25, 0.3) is 0 Å². The minimum absolute atomic E-state index is 0. The minimum Gasteiger partial charge on any atom is -0.746 e. The van der Waals surface area contributed by atoms with Gasteiger partial charge in [-0.1, -0.05) is 48.0 Å². The molecule has 0 atom stereocenters. The number of hydrogen-bond donors (Lipinski definition) is 0. The first kappa shape index (κ1) is 31.9. The molecule has 0 spiro atoms. The van der Waals surface area contributed by atoms with Crippen LogP contribution in [0.25, 0.3) is 0 Å². The van der Waals surface area contributed by atoms with Crippen LogP contribution in [0.5, 0.6) is 0 Å². The Morgan fingerprint density at radius 3 is 1.25 bits per heavy atom. The molecular weight excluding hydrogens is 294 g/mol. The quantitative estimate of drug-likeness (QED) is 0.692. The molecule has 1 rings (SSSR count). The van der Waals surface area contributed by atoms with Gasteiger partial charge in [0.1, 0.15) is 10.1 Å². The molecule has 0 saturated carbocycles. The number of ether oxygens (including phenoxy) is 1.